The molecule has 1 amide bonds. The van der Waals surface area contributed by atoms with Gasteiger partial charge in [-0.3, -0.25) is 4.79 Å². The number of hydrogen-bond donors (Lipinski definition) is 1. The van der Waals surface area contributed by atoms with Crippen LogP contribution in [-0.4, -0.2) is 77.7 Å². The van der Waals surface area contributed by atoms with E-state index in [1.807, 2.05) is 35.2 Å². The number of piperidine rings is 1. The number of hydrogen-bond acceptors (Lipinski definition) is 9. The van der Waals surface area contributed by atoms with E-state index in [0.717, 1.165) is 5.56 Å². The van der Waals surface area contributed by atoms with E-state index in [9.17, 15) is 27.9 Å². The molecule has 13 heteroatoms. The highest BCUT2D eigenvalue weighted by Gasteiger charge is 2.43. The lowest BCUT2D eigenvalue weighted by molar-refractivity contribution is -0.141. The highest BCUT2D eigenvalue weighted by molar-refractivity contribution is 5.96. The lowest BCUT2D eigenvalue weighted by Crippen LogP contribution is -2.49. The Morgan fingerprint density at radius 3 is 2.29 bits per heavy atom. The van der Waals surface area contributed by atoms with Crippen LogP contribution in [0.4, 0.5) is 29.8 Å². The van der Waals surface area contributed by atoms with Crippen molar-refractivity contribution >= 4 is 23.7 Å². The second kappa shape index (κ2) is 12.0. The number of carbonyl (C=O) groups is 2. The van der Waals surface area contributed by atoms with Gasteiger partial charge in [0.1, 0.15) is 5.82 Å². The number of pyridine rings is 1. The number of aromatic nitrogens is 2. The second-order valence-corrected chi connectivity index (χ2v) is 10.4. The molecule has 1 N–H and O–H groups in total. The molecule has 0 aliphatic carbocycles. The van der Waals surface area contributed by atoms with E-state index < -0.39 is 29.0 Å². The van der Waals surface area contributed by atoms with Crippen LogP contribution in [0.25, 0.3) is 0 Å². The van der Waals surface area contributed by atoms with Crippen LogP contribution < -0.4 is 9.80 Å². The first kappa shape index (κ1) is 29.4. The highest BCUT2D eigenvalue weighted by Crippen LogP contribution is 2.38. The summed E-state index contributed by atoms with van der Waals surface area (Å²) < 4.78 is 52.1. The van der Waals surface area contributed by atoms with Gasteiger partial charge in [0.2, 0.25) is 11.5 Å². The summed E-state index contributed by atoms with van der Waals surface area (Å²) in [5.41, 5.74) is -1.31. The lowest BCUT2D eigenvalue weighted by Gasteiger charge is -2.37. The van der Waals surface area contributed by atoms with Crippen molar-refractivity contribution in [1.82, 2.24) is 14.9 Å². The van der Waals surface area contributed by atoms with Gasteiger partial charge in [0, 0.05) is 51.9 Å². The van der Waals surface area contributed by atoms with Crippen LogP contribution in [0.3, 0.4) is 0 Å². The Morgan fingerprint density at radius 2 is 1.69 bits per heavy atom. The minimum absolute atomic E-state index is 0.205. The van der Waals surface area contributed by atoms with Crippen LogP contribution in [0.15, 0.2) is 53.1 Å². The van der Waals surface area contributed by atoms with Crippen LogP contribution in [0, 0.1) is 0 Å². The van der Waals surface area contributed by atoms with Gasteiger partial charge in [-0.05, 0) is 37.0 Å². The Hall–Kier alpha value is -4.13. The van der Waals surface area contributed by atoms with Crippen LogP contribution in [0.2, 0.25) is 0 Å². The first-order valence-corrected chi connectivity index (χ1v) is 13.8. The number of ether oxygens (including phenoxy) is 1. The van der Waals surface area contributed by atoms with Crippen LogP contribution >= 0.6 is 0 Å². The number of alkyl halides is 3. The Morgan fingerprint density at radius 1 is 1.00 bits per heavy atom. The molecule has 0 bridgehead atoms. The Kier molecular flexibility index (Phi) is 8.39. The maximum Gasteiger partial charge on any atom is 0.437 e. The number of Topliss-reactive ketones (excluding diaryl/α,β-unsaturated/α-hetero) is 1. The summed E-state index contributed by atoms with van der Waals surface area (Å²) in [5, 5.41) is 11.1. The van der Waals surface area contributed by atoms with Gasteiger partial charge >= 0.3 is 12.3 Å². The summed E-state index contributed by atoms with van der Waals surface area (Å²) in [6.07, 6.45) is -3.62. The third-order valence-electron chi connectivity index (χ3n) is 7.61. The molecule has 2 fully saturated rings. The summed E-state index contributed by atoms with van der Waals surface area (Å²) in [4.78, 5) is 38.1. The number of aliphatic hydroxyl groups is 1. The zero-order chi connectivity index (χ0) is 29.9. The molecule has 0 saturated carbocycles. The van der Waals surface area contributed by atoms with E-state index in [1.54, 1.807) is 24.0 Å². The van der Waals surface area contributed by atoms with Gasteiger partial charge in [0.05, 0.1) is 12.2 Å². The zero-order valence-electron chi connectivity index (χ0n) is 23.1. The van der Waals surface area contributed by atoms with Crippen molar-refractivity contribution in [3.63, 3.8) is 0 Å². The molecule has 5 rings (SSSR count). The predicted octanol–water partition coefficient (Wildman–Crippen LogP) is 4.28. The van der Waals surface area contributed by atoms with Gasteiger partial charge in [0.25, 0.3) is 6.01 Å². The fraction of sp³-hybridized carbons (Fsp3) is 0.448. The number of ketones is 1. The summed E-state index contributed by atoms with van der Waals surface area (Å²) in [5.74, 6) is -1.08. The summed E-state index contributed by atoms with van der Waals surface area (Å²) in [6.45, 7) is 4.48. The quantitative estimate of drug-likeness (QED) is 0.405. The molecule has 3 aromatic rings. The van der Waals surface area contributed by atoms with Crippen molar-refractivity contribution in [2.75, 3.05) is 55.7 Å². The Balaban J connectivity index is 1.24. The molecular weight excluding hydrogens is 555 g/mol. The van der Waals surface area contributed by atoms with Crippen molar-refractivity contribution < 1.29 is 37.0 Å². The SMILES string of the molecule is CCOC(=O)N1CCN(c2ccc(CC(=O)c3oc(N4CCC(O)(c5ccccc5)CC4)nc3C(F)(F)F)cn2)CC1. The molecule has 4 heterocycles. The predicted molar refractivity (Wildman–Crippen MR) is 146 cm³/mol. The van der Waals surface area contributed by atoms with E-state index in [1.165, 1.54) is 11.1 Å². The summed E-state index contributed by atoms with van der Waals surface area (Å²) in [7, 11) is 0. The van der Waals surface area contributed by atoms with Crippen LogP contribution in [0.1, 0.15) is 47.1 Å². The molecule has 2 saturated heterocycles. The van der Waals surface area contributed by atoms with Crippen LogP contribution in [-0.2, 0) is 22.9 Å². The monoisotopic (exact) mass is 587 g/mol. The first-order valence-electron chi connectivity index (χ1n) is 13.8. The number of piperazine rings is 1. The number of nitrogens with zero attached hydrogens (tertiary/aromatic N) is 5. The molecule has 0 unspecified atom stereocenters. The van der Waals surface area contributed by atoms with Crippen molar-refractivity contribution in [2.45, 2.75) is 38.0 Å². The smallest absolute Gasteiger partial charge is 0.437 e. The molecule has 0 atom stereocenters. The lowest BCUT2D eigenvalue weighted by atomic mass is 9.84. The third-order valence-corrected chi connectivity index (χ3v) is 7.61. The van der Waals surface area contributed by atoms with E-state index >= 15 is 0 Å². The van der Waals surface area contributed by atoms with Gasteiger partial charge in [-0.25, -0.2) is 9.78 Å². The Bertz CT molecular complexity index is 1380. The molecule has 1 aromatic carbocycles. The van der Waals surface area contributed by atoms with Gasteiger partial charge in [-0.1, -0.05) is 36.4 Å². The number of carbonyl (C=O) groups excluding carboxylic acids is 2. The molecule has 0 radical (unpaired) electrons. The van der Waals surface area contributed by atoms with Crippen molar-refractivity contribution in [3.05, 3.63) is 71.2 Å². The summed E-state index contributed by atoms with van der Waals surface area (Å²) >= 11 is 0. The largest absolute Gasteiger partial charge is 0.450 e. The number of anilines is 2. The molecule has 2 aliphatic heterocycles. The highest BCUT2D eigenvalue weighted by atomic mass is 19.4. The minimum atomic E-state index is -4.89. The van der Waals surface area contributed by atoms with Gasteiger partial charge in [-0.2, -0.15) is 18.2 Å². The fourth-order valence-electron chi connectivity index (χ4n) is 5.24. The average molecular weight is 588 g/mol. The second-order valence-electron chi connectivity index (χ2n) is 10.4. The molecular formula is C29H32F3N5O5. The first-order chi connectivity index (χ1) is 20.1. The number of halogens is 3. The van der Waals surface area contributed by atoms with E-state index in [0.29, 0.717) is 44.2 Å². The standard InChI is InChI=1S/C29H32F3N5O5/c1-2-41-27(39)37-16-14-35(15-17-37)23-9-8-20(19-33-23)18-22(38)24-25(29(30,31)32)34-26(42-24)36-12-10-28(40,11-13-36)21-6-4-3-5-7-21/h3-9,19,40H,2,10-18H2,1H3. The van der Waals surface area contributed by atoms with Gasteiger partial charge < -0.3 is 29.0 Å². The molecule has 42 heavy (non-hydrogen) atoms. The van der Waals surface area contributed by atoms with Crippen molar-refractivity contribution in [1.29, 1.82) is 0 Å². The number of oxazole rings is 1. The van der Waals surface area contributed by atoms with E-state index in [2.05, 4.69) is 9.97 Å². The molecule has 10 nitrogen and oxygen atoms in total. The number of benzene rings is 1. The maximum absolute atomic E-state index is 13.9. The normalized spacial score (nSPS) is 17.3. The van der Waals surface area contributed by atoms with Gasteiger partial charge in [-0.15, -0.1) is 0 Å². The average Bonchev–Trinajstić information content (AvgIpc) is 3.45. The molecule has 224 valence electrons. The molecule has 2 aliphatic rings. The van der Waals surface area contributed by atoms with Crippen molar-refractivity contribution in [2.24, 2.45) is 0 Å². The fourth-order valence-corrected chi connectivity index (χ4v) is 5.24. The van der Waals surface area contributed by atoms with E-state index in [4.69, 9.17) is 9.15 Å². The summed E-state index contributed by atoms with van der Waals surface area (Å²) in [6, 6.07) is 12.1. The molecule has 2 aromatic heterocycles. The number of rotatable bonds is 7. The zero-order valence-corrected chi connectivity index (χ0v) is 23.1. The number of amides is 1. The van der Waals surface area contributed by atoms with Crippen LogP contribution in [0.5, 0.6) is 0 Å². The van der Waals surface area contributed by atoms with Crippen molar-refractivity contribution in [3.8, 4) is 0 Å². The topological polar surface area (TPSA) is 112 Å². The van der Waals surface area contributed by atoms with E-state index in [-0.39, 0.29) is 44.5 Å². The third kappa shape index (κ3) is 6.35. The Labute approximate surface area is 240 Å². The maximum atomic E-state index is 13.9. The minimum Gasteiger partial charge on any atom is -0.450 e. The van der Waals surface area contributed by atoms with Gasteiger partial charge in [0.15, 0.2) is 5.69 Å². The molecule has 0 spiro atoms.